The number of nitrogens with one attached hydrogen (secondary N) is 1. The molecule has 0 bridgehead atoms. The average Bonchev–Trinajstić information content (AvgIpc) is 3.81. The highest BCUT2D eigenvalue weighted by molar-refractivity contribution is 8.05. The Morgan fingerprint density at radius 1 is 1.18 bits per heavy atom. The number of aliphatic imine (C=N–C) groups is 1. The van der Waals surface area contributed by atoms with Crippen molar-refractivity contribution in [1.29, 1.82) is 0 Å². The van der Waals surface area contributed by atoms with Crippen LogP contribution in [-0.2, 0) is 20.4 Å². The number of carbonyl (C=O) groups excluding carboxylic acids is 3. The Hall–Kier alpha value is -3.32. The van der Waals surface area contributed by atoms with Crippen molar-refractivity contribution < 1.29 is 22.8 Å². The van der Waals surface area contributed by atoms with Crippen LogP contribution in [0.25, 0.3) is 0 Å². The molecule has 4 aliphatic rings. The summed E-state index contributed by atoms with van der Waals surface area (Å²) in [6.07, 6.45) is 4.91. The number of aromatic nitrogens is 1. The van der Waals surface area contributed by atoms with Gasteiger partial charge in [-0.2, -0.15) is 0 Å². The van der Waals surface area contributed by atoms with Crippen molar-refractivity contribution in [2.75, 3.05) is 18.0 Å². The molecule has 2 aliphatic carbocycles. The molecule has 1 saturated heterocycles. The largest absolute Gasteiger partial charge is 0.346 e. The fourth-order valence-electron chi connectivity index (χ4n) is 5.00. The first-order valence-corrected chi connectivity index (χ1v) is 15.8. The van der Waals surface area contributed by atoms with Gasteiger partial charge in [-0.05, 0) is 61.1 Å². The predicted octanol–water partition coefficient (Wildman–Crippen LogP) is 2.61. The zero-order chi connectivity index (χ0) is 27.3. The monoisotopic (exact) mass is 570 g/mol. The van der Waals surface area contributed by atoms with E-state index in [0.717, 1.165) is 25.7 Å². The summed E-state index contributed by atoms with van der Waals surface area (Å²) in [4.78, 5) is 53.0. The standard InChI is InChI=1S/C26H30N6O5S2/c1-2-11-30-22-21(24(34)32(26(30)35)18-8-9-18)28-25(29-22)39(36,37)15-17-7-10-20(27-13-17)31(14-16-5-6-16)23(33)19-4-3-12-38-19/h3-4,7,10,12-13,16,18,21-22H,2,5-6,8-9,11,14-15H2,1H3,(H,28,29). The van der Waals surface area contributed by atoms with Crippen molar-refractivity contribution in [2.24, 2.45) is 10.9 Å². The number of rotatable bonds is 9. The van der Waals surface area contributed by atoms with Gasteiger partial charge in [-0.3, -0.25) is 24.3 Å². The van der Waals surface area contributed by atoms with Gasteiger partial charge in [0.15, 0.2) is 6.17 Å². The van der Waals surface area contributed by atoms with Gasteiger partial charge in [0.2, 0.25) is 15.0 Å². The first-order chi connectivity index (χ1) is 18.8. The number of sulfone groups is 1. The van der Waals surface area contributed by atoms with E-state index in [9.17, 15) is 22.8 Å². The molecule has 3 fully saturated rings. The van der Waals surface area contributed by atoms with Crippen LogP contribution in [0.4, 0.5) is 10.6 Å². The number of urea groups is 1. The van der Waals surface area contributed by atoms with Gasteiger partial charge in [-0.1, -0.05) is 19.1 Å². The van der Waals surface area contributed by atoms with E-state index in [2.05, 4.69) is 15.3 Å². The molecular weight excluding hydrogens is 540 g/mol. The lowest BCUT2D eigenvalue weighted by atomic mass is 10.1. The zero-order valence-electron chi connectivity index (χ0n) is 21.5. The lowest BCUT2D eigenvalue weighted by molar-refractivity contribution is -0.135. The van der Waals surface area contributed by atoms with Gasteiger partial charge in [-0.15, -0.1) is 11.3 Å². The molecule has 4 amide bonds. The Bertz CT molecular complexity index is 1420. The highest BCUT2D eigenvalue weighted by Crippen LogP contribution is 2.34. The summed E-state index contributed by atoms with van der Waals surface area (Å²) in [7, 11) is -3.96. The van der Waals surface area contributed by atoms with E-state index in [-0.39, 0.29) is 22.9 Å². The van der Waals surface area contributed by atoms with Crippen LogP contribution in [0.5, 0.6) is 0 Å². The molecule has 0 aromatic carbocycles. The number of anilines is 1. The molecule has 39 heavy (non-hydrogen) atoms. The quantitative estimate of drug-likeness (QED) is 0.490. The van der Waals surface area contributed by atoms with Gasteiger partial charge in [0, 0.05) is 25.3 Å². The highest BCUT2D eigenvalue weighted by atomic mass is 32.2. The lowest BCUT2D eigenvalue weighted by Gasteiger charge is -2.40. The summed E-state index contributed by atoms with van der Waals surface area (Å²) in [6.45, 7) is 2.87. The maximum atomic E-state index is 13.3. The molecule has 11 nitrogen and oxygen atoms in total. The van der Waals surface area contributed by atoms with Crippen LogP contribution in [0.15, 0.2) is 40.8 Å². The van der Waals surface area contributed by atoms with Crippen LogP contribution in [0.2, 0.25) is 0 Å². The van der Waals surface area contributed by atoms with Gasteiger partial charge < -0.3 is 5.32 Å². The van der Waals surface area contributed by atoms with Crippen LogP contribution in [0, 0.1) is 5.92 Å². The third-order valence-corrected chi connectivity index (χ3v) is 9.71. The summed E-state index contributed by atoms with van der Waals surface area (Å²) in [5.74, 6) is 0.000620. The fraction of sp³-hybridized carbons (Fsp3) is 0.500. The van der Waals surface area contributed by atoms with Crippen molar-refractivity contribution in [3.8, 4) is 0 Å². The lowest BCUT2D eigenvalue weighted by Crippen LogP contribution is -2.66. The van der Waals surface area contributed by atoms with Crippen molar-refractivity contribution in [2.45, 2.75) is 63.0 Å². The van der Waals surface area contributed by atoms with E-state index < -0.39 is 34.0 Å². The van der Waals surface area contributed by atoms with Crippen LogP contribution in [-0.4, -0.2) is 77.6 Å². The van der Waals surface area contributed by atoms with E-state index in [1.54, 1.807) is 23.1 Å². The highest BCUT2D eigenvalue weighted by Gasteiger charge is 2.54. The Morgan fingerprint density at radius 3 is 2.59 bits per heavy atom. The Morgan fingerprint density at radius 2 is 1.97 bits per heavy atom. The third-order valence-electron chi connectivity index (χ3n) is 7.33. The minimum absolute atomic E-state index is 0.118. The van der Waals surface area contributed by atoms with Crippen LogP contribution >= 0.6 is 11.3 Å². The van der Waals surface area contributed by atoms with E-state index in [1.807, 2.05) is 18.4 Å². The van der Waals surface area contributed by atoms with Crippen LogP contribution in [0.3, 0.4) is 0 Å². The van der Waals surface area contributed by atoms with E-state index in [4.69, 9.17) is 0 Å². The van der Waals surface area contributed by atoms with Gasteiger partial charge >= 0.3 is 6.03 Å². The number of carbonyl (C=O) groups is 3. The van der Waals surface area contributed by atoms with Crippen molar-refractivity contribution in [3.05, 3.63) is 46.3 Å². The second-order valence-electron chi connectivity index (χ2n) is 10.5. The molecule has 2 saturated carbocycles. The number of hydrogen-bond acceptors (Lipinski definition) is 9. The average molecular weight is 571 g/mol. The smallest absolute Gasteiger partial charge is 0.328 e. The van der Waals surface area contributed by atoms with E-state index >= 15 is 0 Å². The van der Waals surface area contributed by atoms with Gasteiger partial charge in [0.25, 0.3) is 11.8 Å². The number of hydrogen-bond donors (Lipinski definition) is 1. The predicted molar refractivity (Wildman–Crippen MR) is 146 cm³/mol. The Kier molecular flexibility index (Phi) is 6.66. The van der Waals surface area contributed by atoms with Crippen molar-refractivity contribution in [3.63, 3.8) is 0 Å². The number of amidine groups is 1. The normalized spacial score (nSPS) is 22.9. The first kappa shape index (κ1) is 25.9. The van der Waals surface area contributed by atoms with E-state index in [1.165, 1.54) is 27.3 Å². The van der Waals surface area contributed by atoms with Crippen LogP contribution < -0.4 is 10.2 Å². The minimum Gasteiger partial charge on any atom is -0.346 e. The molecule has 1 N–H and O–H groups in total. The number of nitrogens with zero attached hydrogens (tertiary/aromatic N) is 5. The molecular formula is C26H30N6O5S2. The molecule has 0 spiro atoms. The Labute approximate surface area is 230 Å². The SMILES string of the molecule is CCCN1C(=O)N(C2CC2)C(=O)C2NC(S(=O)(=O)Cc3ccc(N(CC4CC4)C(=O)c4cccs4)nc3)=NC21. The minimum atomic E-state index is -3.96. The topological polar surface area (TPSA) is 132 Å². The second kappa shape index (κ2) is 10.0. The molecule has 2 aliphatic heterocycles. The number of pyridine rings is 1. The molecule has 2 aromatic heterocycles. The van der Waals surface area contributed by atoms with Crippen LogP contribution in [0.1, 0.15) is 54.3 Å². The third kappa shape index (κ3) is 5.05. The summed E-state index contributed by atoms with van der Waals surface area (Å²) in [6, 6.07) is 5.49. The number of thiophene rings is 1. The number of imide groups is 1. The molecule has 2 unspecified atom stereocenters. The van der Waals surface area contributed by atoms with Crippen molar-refractivity contribution >= 4 is 50.0 Å². The Balaban J connectivity index is 1.19. The van der Waals surface area contributed by atoms with Gasteiger partial charge in [-0.25, -0.2) is 23.2 Å². The molecule has 4 heterocycles. The fourth-order valence-corrected chi connectivity index (χ4v) is 7.00. The molecule has 6 rings (SSSR count). The molecule has 13 heteroatoms. The second-order valence-corrected chi connectivity index (χ2v) is 13.4. The zero-order valence-corrected chi connectivity index (χ0v) is 23.2. The molecule has 2 aromatic rings. The van der Waals surface area contributed by atoms with Gasteiger partial charge in [0.05, 0.1) is 10.6 Å². The van der Waals surface area contributed by atoms with E-state index in [0.29, 0.717) is 41.7 Å². The summed E-state index contributed by atoms with van der Waals surface area (Å²) >= 11 is 1.37. The molecule has 0 radical (unpaired) electrons. The summed E-state index contributed by atoms with van der Waals surface area (Å²) in [5.41, 5.74) is 0.431. The molecule has 2 atom stereocenters. The van der Waals surface area contributed by atoms with Crippen molar-refractivity contribution in [1.82, 2.24) is 20.1 Å². The van der Waals surface area contributed by atoms with Gasteiger partial charge in [0.1, 0.15) is 11.9 Å². The number of fused-ring (bicyclic) bond motifs is 1. The number of amides is 4. The first-order valence-electron chi connectivity index (χ1n) is 13.3. The molecule has 206 valence electrons. The maximum absolute atomic E-state index is 13.3. The maximum Gasteiger partial charge on any atom is 0.328 e. The summed E-state index contributed by atoms with van der Waals surface area (Å²) < 4.78 is 26.7. The summed E-state index contributed by atoms with van der Waals surface area (Å²) in [5, 5.41) is 4.39.